The Morgan fingerprint density at radius 3 is 2.44 bits per heavy atom. The summed E-state index contributed by atoms with van der Waals surface area (Å²) >= 11 is 2.95. The van der Waals surface area contributed by atoms with Crippen molar-refractivity contribution in [3.63, 3.8) is 0 Å². The molecule has 0 aliphatic heterocycles. The summed E-state index contributed by atoms with van der Waals surface area (Å²) in [5.41, 5.74) is 1.81. The Morgan fingerprint density at radius 2 is 1.70 bits per heavy atom. The van der Waals surface area contributed by atoms with Crippen LogP contribution in [-0.2, 0) is 9.84 Å². The van der Waals surface area contributed by atoms with Crippen molar-refractivity contribution in [2.45, 2.75) is 18.7 Å². The van der Waals surface area contributed by atoms with Crippen molar-refractivity contribution < 1.29 is 13.2 Å². The third-order valence-corrected chi connectivity index (χ3v) is 8.01. The Hall–Kier alpha value is -2.36. The molecule has 0 saturated heterocycles. The maximum absolute atomic E-state index is 12.7. The summed E-state index contributed by atoms with van der Waals surface area (Å²) in [6.07, 6.45) is 0. The quantitative estimate of drug-likeness (QED) is 0.536. The van der Waals surface area contributed by atoms with Crippen LogP contribution in [0.4, 0.5) is 5.13 Å². The summed E-state index contributed by atoms with van der Waals surface area (Å²) in [5, 5.41) is 4.14. The highest BCUT2D eigenvalue weighted by Gasteiger charge is 2.21. The van der Waals surface area contributed by atoms with Gasteiger partial charge >= 0.3 is 0 Å². The van der Waals surface area contributed by atoms with E-state index in [1.165, 1.54) is 23.5 Å². The highest BCUT2D eigenvalue weighted by molar-refractivity contribution is 7.91. The van der Waals surface area contributed by atoms with Crippen molar-refractivity contribution in [3.8, 4) is 0 Å². The molecule has 0 aliphatic rings. The smallest absolute Gasteiger partial charge is 0.258 e. The fourth-order valence-electron chi connectivity index (χ4n) is 2.78. The van der Waals surface area contributed by atoms with Crippen molar-refractivity contribution in [2.75, 3.05) is 11.1 Å². The first kappa shape index (κ1) is 18.0. The lowest BCUT2D eigenvalue weighted by molar-refractivity contribution is 0.102. The number of sulfone groups is 1. The fourth-order valence-corrected chi connectivity index (χ4v) is 5.88. The van der Waals surface area contributed by atoms with Gasteiger partial charge in [0.05, 0.1) is 41.7 Å². The summed E-state index contributed by atoms with van der Waals surface area (Å²) in [5.74, 6) is -0.556. The SMILES string of the molecule is CCS(=O)(=O)c1ccccc1C(=O)Nc1nc2ccc3nc(C)sc3c2s1. The van der Waals surface area contributed by atoms with Gasteiger partial charge in [-0.3, -0.25) is 10.1 Å². The number of carbonyl (C=O) groups excluding carboxylic acids is 1. The number of hydrogen-bond acceptors (Lipinski definition) is 7. The van der Waals surface area contributed by atoms with Gasteiger partial charge in [-0.1, -0.05) is 30.4 Å². The summed E-state index contributed by atoms with van der Waals surface area (Å²) in [4.78, 5) is 21.7. The third kappa shape index (κ3) is 3.22. The minimum atomic E-state index is -3.50. The predicted octanol–water partition coefficient (Wildman–Crippen LogP) is 4.26. The van der Waals surface area contributed by atoms with Crippen LogP contribution in [-0.4, -0.2) is 30.0 Å². The fraction of sp³-hybridized carbons (Fsp3) is 0.167. The van der Waals surface area contributed by atoms with E-state index in [1.54, 1.807) is 30.4 Å². The van der Waals surface area contributed by atoms with Crippen molar-refractivity contribution in [3.05, 3.63) is 47.0 Å². The number of fused-ring (bicyclic) bond motifs is 3. The Morgan fingerprint density at radius 1 is 1.04 bits per heavy atom. The van der Waals surface area contributed by atoms with Gasteiger partial charge in [-0.15, -0.1) is 11.3 Å². The molecule has 0 atom stereocenters. The van der Waals surface area contributed by atoms with Crippen LogP contribution in [0.5, 0.6) is 0 Å². The van der Waals surface area contributed by atoms with E-state index in [4.69, 9.17) is 0 Å². The van der Waals surface area contributed by atoms with Crippen LogP contribution in [0.1, 0.15) is 22.3 Å². The third-order valence-electron chi connectivity index (χ3n) is 4.09. The number of hydrogen-bond donors (Lipinski definition) is 1. The molecular formula is C18H15N3O3S3. The molecule has 0 unspecified atom stereocenters. The second-order valence-corrected chi connectivity index (χ2v) is 10.3. The average molecular weight is 418 g/mol. The highest BCUT2D eigenvalue weighted by atomic mass is 32.2. The minimum absolute atomic E-state index is 0.0339. The Kier molecular flexibility index (Phi) is 4.45. The molecule has 138 valence electrons. The number of aromatic nitrogens is 2. The van der Waals surface area contributed by atoms with Crippen LogP contribution < -0.4 is 5.32 Å². The molecule has 0 spiro atoms. The van der Waals surface area contributed by atoms with Crippen molar-refractivity contribution >= 4 is 64.0 Å². The maximum atomic E-state index is 12.7. The van der Waals surface area contributed by atoms with Crippen LogP contribution >= 0.6 is 22.7 Å². The molecule has 0 aliphatic carbocycles. The van der Waals surface area contributed by atoms with E-state index in [2.05, 4.69) is 15.3 Å². The zero-order valence-electron chi connectivity index (χ0n) is 14.5. The molecule has 6 nitrogen and oxygen atoms in total. The van der Waals surface area contributed by atoms with Crippen LogP contribution in [0.2, 0.25) is 0 Å². The summed E-state index contributed by atoms with van der Waals surface area (Å²) < 4.78 is 26.5. The van der Waals surface area contributed by atoms with Gasteiger partial charge in [0.25, 0.3) is 5.91 Å². The van der Waals surface area contributed by atoms with Gasteiger partial charge in [-0.25, -0.2) is 18.4 Å². The van der Waals surface area contributed by atoms with E-state index < -0.39 is 15.7 Å². The molecule has 4 rings (SSSR count). The molecular weight excluding hydrogens is 402 g/mol. The second-order valence-electron chi connectivity index (χ2n) is 5.87. The number of rotatable bonds is 4. The molecule has 2 aromatic carbocycles. The van der Waals surface area contributed by atoms with Gasteiger partial charge < -0.3 is 0 Å². The Balaban J connectivity index is 1.73. The van der Waals surface area contributed by atoms with E-state index in [9.17, 15) is 13.2 Å². The standard InChI is InChI=1S/C18H15N3O3S3/c1-3-27(23,24)14-7-5-4-6-11(14)17(22)21-18-20-13-9-8-12-15(16(13)26-18)25-10(2)19-12/h4-9H,3H2,1-2H3,(H,20,21,22). The van der Waals surface area contributed by atoms with Gasteiger partial charge in [0.15, 0.2) is 15.0 Å². The number of thiazole rings is 2. The average Bonchev–Trinajstić information content (AvgIpc) is 3.23. The lowest BCUT2D eigenvalue weighted by atomic mass is 10.2. The number of aryl methyl sites for hydroxylation is 1. The first-order valence-corrected chi connectivity index (χ1v) is 11.5. The molecule has 1 amide bonds. The highest BCUT2D eigenvalue weighted by Crippen LogP contribution is 2.36. The molecule has 0 saturated carbocycles. The molecule has 2 heterocycles. The molecule has 0 fully saturated rings. The monoisotopic (exact) mass is 417 g/mol. The Bertz CT molecular complexity index is 1290. The topological polar surface area (TPSA) is 89.0 Å². The predicted molar refractivity (Wildman–Crippen MR) is 110 cm³/mol. The lowest BCUT2D eigenvalue weighted by Crippen LogP contribution is -2.17. The van der Waals surface area contributed by atoms with Gasteiger partial charge in [0.2, 0.25) is 0 Å². The van der Waals surface area contributed by atoms with Crippen LogP contribution in [0.3, 0.4) is 0 Å². The van der Waals surface area contributed by atoms with E-state index in [-0.39, 0.29) is 16.2 Å². The molecule has 0 bridgehead atoms. The minimum Gasteiger partial charge on any atom is -0.298 e. The largest absolute Gasteiger partial charge is 0.298 e. The van der Waals surface area contributed by atoms with Crippen molar-refractivity contribution in [1.82, 2.24) is 9.97 Å². The van der Waals surface area contributed by atoms with Gasteiger partial charge in [-0.05, 0) is 31.2 Å². The van der Waals surface area contributed by atoms with Crippen molar-refractivity contribution in [1.29, 1.82) is 0 Å². The van der Waals surface area contributed by atoms with E-state index >= 15 is 0 Å². The lowest BCUT2D eigenvalue weighted by Gasteiger charge is -2.08. The van der Waals surface area contributed by atoms with E-state index in [0.717, 1.165) is 25.4 Å². The Labute approximate surface area is 163 Å². The molecule has 4 aromatic rings. The van der Waals surface area contributed by atoms with Crippen molar-refractivity contribution in [2.24, 2.45) is 0 Å². The maximum Gasteiger partial charge on any atom is 0.258 e. The summed E-state index contributed by atoms with van der Waals surface area (Å²) in [7, 11) is -3.50. The van der Waals surface area contributed by atoms with Gasteiger partial charge in [0.1, 0.15) is 0 Å². The van der Waals surface area contributed by atoms with Crippen LogP contribution in [0, 0.1) is 6.92 Å². The molecule has 0 radical (unpaired) electrons. The van der Waals surface area contributed by atoms with Gasteiger partial charge in [-0.2, -0.15) is 0 Å². The normalized spacial score (nSPS) is 11.9. The molecule has 2 aromatic heterocycles. The number of anilines is 1. The van der Waals surface area contributed by atoms with E-state index in [0.29, 0.717) is 5.13 Å². The molecule has 27 heavy (non-hydrogen) atoms. The number of benzene rings is 2. The number of amides is 1. The first-order chi connectivity index (χ1) is 12.9. The summed E-state index contributed by atoms with van der Waals surface area (Å²) in [6.45, 7) is 3.51. The molecule has 1 N–H and O–H groups in total. The molecule has 9 heteroatoms. The van der Waals surface area contributed by atoms with Crippen LogP contribution in [0.15, 0.2) is 41.3 Å². The number of nitrogens with zero attached hydrogens (tertiary/aromatic N) is 2. The first-order valence-electron chi connectivity index (χ1n) is 8.19. The van der Waals surface area contributed by atoms with E-state index in [1.807, 2.05) is 19.1 Å². The number of nitrogens with one attached hydrogen (secondary N) is 1. The summed E-state index contributed by atoms with van der Waals surface area (Å²) in [6, 6.07) is 10.0. The zero-order chi connectivity index (χ0) is 19.2. The van der Waals surface area contributed by atoms with Crippen LogP contribution in [0.25, 0.3) is 20.4 Å². The second kappa shape index (κ2) is 6.66. The van der Waals surface area contributed by atoms with Gasteiger partial charge in [0, 0.05) is 0 Å². The number of carbonyl (C=O) groups is 1. The zero-order valence-corrected chi connectivity index (χ0v) is 17.0.